The third-order valence-electron chi connectivity index (χ3n) is 2.01. The maximum atomic E-state index is 13.1. The van der Waals surface area contributed by atoms with Gasteiger partial charge in [0, 0.05) is 11.6 Å². The number of benzene rings is 1. The van der Waals surface area contributed by atoms with E-state index in [1.165, 1.54) is 18.2 Å². The van der Waals surface area contributed by atoms with E-state index in [1.807, 2.05) is 6.92 Å². The summed E-state index contributed by atoms with van der Waals surface area (Å²) < 4.78 is 18.3. The van der Waals surface area contributed by atoms with Crippen molar-refractivity contribution in [3.8, 4) is 5.75 Å². The predicted molar refractivity (Wildman–Crippen MR) is 58.9 cm³/mol. The Balaban J connectivity index is 3.18. The molecule has 0 spiro atoms. The Hall–Kier alpha value is -1.84. The zero-order valence-corrected chi connectivity index (χ0v) is 9.16. The molecule has 0 aliphatic carbocycles. The van der Waals surface area contributed by atoms with Crippen LogP contribution in [0.1, 0.15) is 19.4 Å². The van der Waals surface area contributed by atoms with E-state index in [9.17, 15) is 9.18 Å². The molecule has 0 radical (unpaired) electrons. The van der Waals surface area contributed by atoms with Gasteiger partial charge in [0.05, 0.1) is 6.61 Å². The fraction of sp³-hybridized carbons (Fsp3) is 0.250. The van der Waals surface area contributed by atoms with Crippen LogP contribution in [0.2, 0.25) is 0 Å². The molecular weight excluding hydrogens is 211 g/mol. The maximum Gasteiger partial charge on any atom is 0.328 e. The molecule has 1 aromatic carbocycles. The fourth-order valence-corrected chi connectivity index (χ4v) is 1.35. The molecule has 0 saturated carbocycles. The van der Waals surface area contributed by atoms with Crippen LogP contribution < -0.4 is 4.74 Å². The summed E-state index contributed by atoms with van der Waals surface area (Å²) in [6.45, 7) is 3.85. The van der Waals surface area contributed by atoms with E-state index in [0.717, 1.165) is 6.08 Å². The van der Waals surface area contributed by atoms with Crippen molar-refractivity contribution in [2.75, 3.05) is 6.61 Å². The van der Waals surface area contributed by atoms with Gasteiger partial charge in [-0.15, -0.1) is 0 Å². The first-order valence-electron chi connectivity index (χ1n) is 4.88. The molecule has 0 atom stereocenters. The molecule has 86 valence electrons. The molecule has 0 unspecified atom stereocenters. The number of carboxylic acid groups (broad SMARTS) is 1. The van der Waals surface area contributed by atoms with Crippen LogP contribution in [-0.4, -0.2) is 17.7 Å². The highest BCUT2D eigenvalue weighted by atomic mass is 19.1. The van der Waals surface area contributed by atoms with Crippen molar-refractivity contribution in [1.29, 1.82) is 0 Å². The van der Waals surface area contributed by atoms with E-state index in [1.54, 1.807) is 6.92 Å². The topological polar surface area (TPSA) is 46.5 Å². The summed E-state index contributed by atoms with van der Waals surface area (Å²) in [5, 5.41) is 8.62. The molecule has 1 rings (SSSR count). The number of hydrogen-bond acceptors (Lipinski definition) is 2. The highest BCUT2D eigenvalue weighted by Gasteiger charge is 2.08. The minimum atomic E-state index is -1.07. The minimum Gasteiger partial charge on any atom is -0.493 e. The number of aliphatic carboxylic acids is 1. The lowest BCUT2D eigenvalue weighted by Gasteiger charge is -2.10. The summed E-state index contributed by atoms with van der Waals surface area (Å²) in [4.78, 5) is 10.5. The summed E-state index contributed by atoms with van der Waals surface area (Å²) in [7, 11) is 0. The van der Waals surface area contributed by atoms with Crippen molar-refractivity contribution in [3.05, 3.63) is 35.7 Å². The highest BCUT2D eigenvalue weighted by Crippen LogP contribution is 2.26. The molecule has 16 heavy (non-hydrogen) atoms. The average Bonchev–Trinajstić information content (AvgIpc) is 2.20. The Morgan fingerprint density at radius 3 is 2.81 bits per heavy atom. The second-order valence-corrected chi connectivity index (χ2v) is 3.24. The molecule has 1 aromatic rings. The zero-order valence-electron chi connectivity index (χ0n) is 9.16. The van der Waals surface area contributed by atoms with Gasteiger partial charge in [-0.2, -0.15) is 0 Å². The van der Waals surface area contributed by atoms with Gasteiger partial charge in [0.25, 0.3) is 0 Å². The van der Waals surface area contributed by atoms with E-state index in [4.69, 9.17) is 9.84 Å². The number of ether oxygens (including phenoxy) is 1. The average molecular weight is 224 g/mol. The predicted octanol–water partition coefficient (Wildman–Crippen LogP) is 2.71. The van der Waals surface area contributed by atoms with Crippen LogP contribution in [0.15, 0.2) is 24.3 Å². The van der Waals surface area contributed by atoms with Crippen LogP contribution >= 0.6 is 0 Å². The van der Waals surface area contributed by atoms with Gasteiger partial charge in [-0.1, -0.05) is 0 Å². The van der Waals surface area contributed by atoms with Crippen molar-refractivity contribution in [2.45, 2.75) is 13.8 Å². The van der Waals surface area contributed by atoms with Crippen LogP contribution in [0.4, 0.5) is 4.39 Å². The van der Waals surface area contributed by atoms with Gasteiger partial charge in [-0.25, -0.2) is 9.18 Å². The molecule has 0 aromatic heterocycles. The van der Waals surface area contributed by atoms with Crippen LogP contribution in [0.25, 0.3) is 5.57 Å². The molecule has 0 saturated heterocycles. The summed E-state index contributed by atoms with van der Waals surface area (Å²) in [5.41, 5.74) is 0.916. The fourth-order valence-electron chi connectivity index (χ4n) is 1.35. The largest absolute Gasteiger partial charge is 0.493 e. The van der Waals surface area contributed by atoms with Crippen LogP contribution in [0.5, 0.6) is 5.75 Å². The quantitative estimate of drug-likeness (QED) is 0.800. The standard InChI is InChI=1S/C12H13FO3/c1-3-16-11-5-4-9(13)7-10(11)8(2)6-12(14)15/h4-7H,3H2,1-2H3,(H,14,15)/b8-6+. The summed E-state index contributed by atoms with van der Waals surface area (Å²) in [6, 6.07) is 4.04. The number of rotatable bonds is 4. The number of carboxylic acids is 1. The van der Waals surface area contributed by atoms with E-state index in [2.05, 4.69) is 0 Å². The van der Waals surface area contributed by atoms with Gasteiger partial charge in [0.1, 0.15) is 11.6 Å². The SMILES string of the molecule is CCOc1ccc(F)cc1/C(C)=C/C(=O)O. The Morgan fingerprint density at radius 2 is 2.25 bits per heavy atom. The van der Waals surface area contributed by atoms with Crippen molar-refractivity contribution in [3.63, 3.8) is 0 Å². The van der Waals surface area contributed by atoms with Crippen LogP contribution in [-0.2, 0) is 4.79 Å². The zero-order chi connectivity index (χ0) is 12.1. The molecule has 0 aliphatic heterocycles. The number of carbonyl (C=O) groups is 1. The normalized spacial score (nSPS) is 11.3. The van der Waals surface area contributed by atoms with Crippen LogP contribution in [0, 0.1) is 5.82 Å². The van der Waals surface area contributed by atoms with E-state index >= 15 is 0 Å². The summed E-state index contributed by atoms with van der Waals surface area (Å²) >= 11 is 0. The Labute approximate surface area is 93.2 Å². The molecule has 0 fully saturated rings. The Kier molecular flexibility index (Phi) is 4.05. The first-order chi connectivity index (χ1) is 7.54. The lowest BCUT2D eigenvalue weighted by Crippen LogP contribution is -1.97. The first kappa shape index (κ1) is 12.2. The van der Waals surface area contributed by atoms with Crippen molar-refractivity contribution < 1.29 is 19.0 Å². The van der Waals surface area contributed by atoms with Gasteiger partial charge < -0.3 is 9.84 Å². The van der Waals surface area contributed by atoms with E-state index < -0.39 is 11.8 Å². The summed E-state index contributed by atoms with van der Waals surface area (Å²) in [6.07, 6.45) is 1.03. The smallest absolute Gasteiger partial charge is 0.328 e. The van der Waals surface area contributed by atoms with Gasteiger partial charge in [0.2, 0.25) is 0 Å². The van der Waals surface area contributed by atoms with Crippen molar-refractivity contribution in [2.24, 2.45) is 0 Å². The molecule has 0 heterocycles. The van der Waals surface area contributed by atoms with Crippen LogP contribution in [0.3, 0.4) is 0 Å². The van der Waals surface area contributed by atoms with Gasteiger partial charge >= 0.3 is 5.97 Å². The number of hydrogen-bond donors (Lipinski definition) is 1. The van der Waals surface area contributed by atoms with Gasteiger partial charge in [-0.3, -0.25) is 0 Å². The maximum absolute atomic E-state index is 13.1. The first-order valence-corrected chi connectivity index (χ1v) is 4.88. The molecule has 3 nitrogen and oxygen atoms in total. The van der Waals surface area contributed by atoms with Crippen molar-refractivity contribution >= 4 is 11.5 Å². The highest BCUT2D eigenvalue weighted by molar-refractivity contribution is 5.90. The van der Waals surface area contributed by atoms with E-state index in [0.29, 0.717) is 23.5 Å². The van der Waals surface area contributed by atoms with Gasteiger partial charge in [-0.05, 0) is 37.6 Å². The minimum absolute atomic E-state index is 0.420. The molecule has 4 heteroatoms. The molecule has 1 N–H and O–H groups in total. The molecule has 0 aliphatic rings. The number of allylic oxidation sites excluding steroid dienone is 1. The Bertz CT molecular complexity index is 424. The lowest BCUT2D eigenvalue weighted by molar-refractivity contribution is -0.131. The molecule has 0 bridgehead atoms. The molecule has 0 amide bonds. The Morgan fingerprint density at radius 1 is 1.56 bits per heavy atom. The second-order valence-electron chi connectivity index (χ2n) is 3.24. The second kappa shape index (κ2) is 5.30. The summed E-state index contributed by atoms with van der Waals surface area (Å²) in [5.74, 6) is -1.00. The lowest BCUT2D eigenvalue weighted by atomic mass is 10.1. The van der Waals surface area contributed by atoms with Gasteiger partial charge in [0.15, 0.2) is 0 Å². The third kappa shape index (κ3) is 3.08. The number of halogens is 1. The molecular formula is C12H13FO3. The monoisotopic (exact) mass is 224 g/mol. The third-order valence-corrected chi connectivity index (χ3v) is 2.01. The van der Waals surface area contributed by atoms with Crippen molar-refractivity contribution in [1.82, 2.24) is 0 Å². The van der Waals surface area contributed by atoms with E-state index in [-0.39, 0.29) is 0 Å².